The minimum absolute atomic E-state index is 0.256. The van der Waals surface area contributed by atoms with Gasteiger partial charge in [-0.1, -0.05) is 36.4 Å². The van der Waals surface area contributed by atoms with Gasteiger partial charge in [-0.2, -0.15) is 0 Å². The van der Waals surface area contributed by atoms with E-state index in [2.05, 4.69) is 4.72 Å². The zero-order valence-corrected chi connectivity index (χ0v) is 13.5. The lowest BCUT2D eigenvalue weighted by atomic mass is 10.1. The highest BCUT2D eigenvalue weighted by atomic mass is 32.2. The third-order valence-electron chi connectivity index (χ3n) is 3.16. The van der Waals surface area contributed by atoms with Gasteiger partial charge in [0, 0.05) is 7.11 Å². The molecule has 1 aliphatic heterocycles. The number of ether oxygens (including phenoxy) is 3. The van der Waals surface area contributed by atoms with E-state index in [1.165, 1.54) is 7.11 Å². The van der Waals surface area contributed by atoms with Crippen LogP contribution >= 0.6 is 0 Å². The van der Waals surface area contributed by atoms with E-state index >= 15 is 0 Å². The number of hydrogen-bond donors (Lipinski definition) is 1. The summed E-state index contributed by atoms with van der Waals surface area (Å²) in [6.07, 6.45) is 3.58. The molecular weight excluding hydrogens is 306 g/mol. The van der Waals surface area contributed by atoms with Gasteiger partial charge in [-0.3, -0.25) is 0 Å². The highest BCUT2D eigenvalue weighted by Crippen LogP contribution is 2.15. The van der Waals surface area contributed by atoms with Crippen LogP contribution in [0.25, 0.3) is 0 Å². The minimum atomic E-state index is -3.34. The van der Waals surface area contributed by atoms with Gasteiger partial charge >= 0.3 is 0 Å². The molecule has 0 amide bonds. The van der Waals surface area contributed by atoms with Crippen molar-refractivity contribution in [2.24, 2.45) is 0 Å². The van der Waals surface area contributed by atoms with Crippen LogP contribution in [0.3, 0.4) is 0 Å². The molecule has 1 N–H and O–H groups in total. The fourth-order valence-electron chi connectivity index (χ4n) is 2.14. The lowest BCUT2D eigenvalue weighted by Gasteiger charge is -2.31. The van der Waals surface area contributed by atoms with Crippen molar-refractivity contribution in [2.75, 3.05) is 20.0 Å². The summed E-state index contributed by atoms with van der Waals surface area (Å²) in [6.45, 7) is 0.694. The fourth-order valence-corrected chi connectivity index (χ4v) is 2.87. The van der Waals surface area contributed by atoms with E-state index in [0.717, 1.165) is 11.8 Å². The maximum Gasteiger partial charge on any atom is 0.209 e. The maximum atomic E-state index is 11.4. The molecule has 0 radical (unpaired) electrons. The van der Waals surface area contributed by atoms with Crippen LogP contribution in [0, 0.1) is 0 Å². The van der Waals surface area contributed by atoms with Gasteiger partial charge in [-0.25, -0.2) is 13.1 Å². The van der Waals surface area contributed by atoms with Gasteiger partial charge < -0.3 is 14.2 Å². The van der Waals surface area contributed by atoms with Crippen LogP contribution in [-0.2, 0) is 30.8 Å². The molecule has 6 nitrogen and oxygen atoms in total. The van der Waals surface area contributed by atoms with Gasteiger partial charge in [-0.05, 0) is 11.6 Å². The molecule has 1 aromatic rings. The molecule has 3 atom stereocenters. The molecule has 0 bridgehead atoms. The predicted molar refractivity (Wildman–Crippen MR) is 82.7 cm³/mol. The summed E-state index contributed by atoms with van der Waals surface area (Å²) in [5.41, 5.74) is 1.05. The lowest BCUT2D eigenvalue weighted by Crippen LogP contribution is -2.48. The summed E-state index contributed by atoms with van der Waals surface area (Å²) in [4.78, 5) is 0. The van der Waals surface area contributed by atoms with Crippen LogP contribution < -0.4 is 4.72 Å². The van der Waals surface area contributed by atoms with E-state index in [9.17, 15) is 8.42 Å². The Morgan fingerprint density at radius 1 is 1.23 bits per heavy atom. The second-order valence-electron chi connectivity index (χ2n) is 5.08. The first-order chi connectivity index (χ1) is 10.5. The Kier molecular flexibility index (Phi) is 6.10. The van der Waals surface area contributed by atoms with E-state index < -0.39 is 28.5 Å². The average molecular weight is 327 g/mol. The molecule has 0 saturated heterocycles. The van der Waals surface area contributed by atoms with Crippen LogP contribution in [0.4, 0.5) is 0 Å². The second-order valence-corrected chi connectivity index (χ2v) is 6.86. The first-order valence-corrected chi connectivity index (χ1v) is 8.82. The third-order valence-corrected chi connectivity index (χ3v) is 3.86. The van der Waals surface area contributed by atoms with Crippen molar-refractivity contribution in [3.63, 3.8) is 0 Å². The fraction of sp³-hybridized carbons (Fsp3) is 0.467. The van der Waals surface area contributed by atoms with Crippen molar-refractivity contribution in [1.29, 1.82) is 0 Å². The normalized spacial score (nSPS) is 25.3. The number of benzene rings is 1. The van der Waals surface area contributed by atoms with Crippen molar-refractivity contribution in [2.45, 2.75) is 25.0 Å². The topological polar surface area (TPSA) is 73.9 Å². The summed E-state index contributed by atoms with van der Waals surface area (Å²) in [7, 11) is -1.81. The summed E-state index contributed by atoms with van der Waals surface area (Å²) >= 11 is 0. The standard InChI is InChI=1S/C15H21NO5S/c1-19-15-9-8-13(16-22(2,17)18)14(21-15)11-20-10-12-6-4-3-5-7-12/h3-9,13-16H,10-11H2,1-2H3/t13-,14-,15-/m1/s1. The van der Waals surface area contributed by atoms with Gasteiger partial charge in [0.2, 0.25) is 10.0 Å². The zero-order chi connectivity index (χ0) is 16.0. The van der Waals surface area contributed by atoms with E-state index in [1.54, 1.807) is 12.2 Å². The number of sulfonamides is 1. The summed E-state index contributed by atoms with van der Waals surface area (Å²) < 4.78 is 41.8. The van der Waals surface area contributed by atoms with Crippen molar-refractivity contribution in [3.8, 4) is 0 Å². The van der Waals surface area contributed by atoms with E-state index in [4.69, 9.17) is 14.2 Å². The van der Waals surface area contributed by atoms with Crippen molar-refractivity contribution in [1.82, 2.24) is 4.72 Å². The Morgan fingerprint density at radius 3 is 2.59 bits per heavy atom. The third kappa shape index (κ3) is 5.51. The van der Waals surface area contributed by atoms with E-state index in [-0.39, 0.29) is 6.61 Å². The smallest absolute Gasteiger partial charge is 0.209 e. The second kappa shape index (κ2) is 7.85. The molecular formula is C15H21NO5S. The Labute approximate surface area is 131 Å². The van der Waals surface area contributed by atoms with Crippen molar-refractivity contribution < 1.29 is 22.6 Å². The molecule has 122 valence electrons. The van der Waals surface area contributed by atoms with Gasteiger partial charge in [0.15, 0.2) is 6.29 Å². The molecule has 0 spiro atoms. The molecule has 0 aromatic heterocycles. The van der Waals surface area contributed by atoms with Crippen LogP contribution in [0.2, 0.25) is 0 Å². The molecule has 7 heteroatoms. The summed E-state index contributed by atoms with van der Waals surface area (Å²) in [5, 5.41) is 0. The first kappa shape index (κ1) is 17.1. The monoisotopic (exact) mass is 327 g/mol. The van der Waals surface area contributed by atoms with E-state index in [1.807, 2.05) is 30.3 Å². The van der Waals surface area contributed by atoms with Crippen LogP contribution in [0.1, 0.15) is 5.56 Å². The Bertz CT molecular complexity index is 587. The highest BCUT2D eigenvalue weighted by Gasteiger charge is 2.29. The quantitative estimate of drug-likeness (QED) is 0.758. The number of hydrogen-bond acceptors (Lipinski definition) is 5. The summed E-state index contributed by atoms with van der Waals surface area (Å²) in [5.74, 6) is 0. The Hall–Kier alpha value is -1.25. The van der Waals surface area contributed by atoms with Crippen LogP contribution in [0.15, 0.2) is 42.5 Å². The largest absolute Gasteiger partial charge is 0.374 e. The predicted octanol–water partition coefficient (Wildman–Crippen LogP) is 1.05. The lowest BCUT2D eigenvalue weighted by molar-refractivity contribution is -0.154. The Balaban J connectivity index is 1.94. The minimum Gasteiger partial charge on any atom is -0.374 e. The SMILES string of the molecule is CO[C@H]1C=C[C@@H](NS(C)(=O)=O)[C@@H](COCc2ccccc2)O1. The molecule has 1 aromatic carbocycles. The number of methoxy groups -OCH3 is 1. The maximum absolute atomic E-state index is 11.4. The van der Waals surface area contributed by atoms with E-state index in [0.29, 0.717) is 6.61 Å². The molecule has 1 heterocycles. The van der Waals surface area contributed by atoms with Crippen LogP contribution in [0.5, 0.6) is 0 Å². The molecule has 2 rings (SSSR count). The van der Waals surface area contributed by atoms with Crippen LogP contribution in [-0.4, -0.2) is 46.8 Å². The van der Waals surface area contributed by atoms with Gasteiger partial charge in [0.25, 0.3) is 0 Å². The van der Waals surface area contributed by atoms with Crippen molar-refractivity contribution in [3.05, 3.63) is 48.0 Å². The van der Waals surface area contributed by atoms with Crippen molar-refractivity contribution >= 4 is 10.0 Å². The van der Waals surface area contributed by atoms with Gasteiger partial charge in [-0.15, -0.1) is 0 Å². The average Bonchev–Trinajstić information content (AvgIpc) is 2.48. The highest BCUT2D eigenvalue weighted by molar-refractivity contribution is 7.88. The summed E-state index contributed by atoms with van der Waals surface area (Å²) in [6, 6.07) is 9.27. The molecule has 22 heavy (non-hydrogen) atoms. The number of rotatable bonds is 7. The first-order valence-electron chi connectivity index (χ1n) is 6.93. The molecule has 0 aliphatic carbocycles. The Morgan fingerprint density at radius 2 is 1.95 bits per heavy atom. The molecule has 0 unspecified atom stereocenters. The molecule has 0 saturated carbocycles. The molecule has 1 aliphatic rings. The zero-order valence-electron chi connectivity index (χ0n) is 12.6. The van der Waals surface area contributed by atoms with Gasteiger partial charge in [0.1, 0.15) is 6.10 Å². The van der Waals surface area contributed by atoms with Gasteiger partial charge in [0.05, 0.1) is 25.5 Å². The molecule has 0 fully saturated rings. The number of nitrogens with one attached hydrogen (secondary N) is 1.